The fourth-order valence-corrected chi connectivity index (χ4v) is 4.84. The van der Waals surface area contributed by atoms with Crippen LogP contribution in [0.1, 0.15) is 33.1 Å². The largest absolute Gasteiger partial charge is 0.391 e. The number of hydrogen-bond donors (Lipinski definition) is 6. The van der Waals surface area contributed by atoms with Gasteiger partial charge in [-0.3, -0.25) is 19.2 Å². The average molecular weight is 610 g/mol. The number of benzene rings is 2. The zero-order valence-corrected chi connectivity index (χ0v) is 24.4. The van der Waals surface area contributed by atoms with Crippen molar-refractivity contribution < 1.29 is 32.7 Å². The van der Waals surface area contributed by atoms with Gasteiger partial charge in [0.25, 0.3) is 0 Å². The van der Waals surface area contributed by atoms with E-state index in [1.54, 1.807) is 36.4 Å². The first-order valence-electron chi connectivity index (χ1n) is 12.9. The predicted molar refractivity (Wildman–Crippen MR) is 154 cm³/mol. The summed E-state index contributed by atoms with van der Waals surface area (Å²) in [5, 5.41) is 17.7. The van der Waals surface area contributed by atoms with Crippen LogP contribution in [0.3, 0.4) is 0 Å². The van der Waals surface area contributed by atoms with Crippen LogP contribution in [0.4, 0.5) is 0 Å². The number of carbonyl (C=O) groups is 4. The Bertz CT molecular complexity index is 1300. The van der Waals surface area contributed by atoms with Gasteiger partial charge >= 0.3 is 0 Å². The van der Waals surface area contributed by atoms with Gasteiger partial charge in [0.2, 0.25) is 27.7 Å². The molecule has 0 spiro atoms. The summed E-state index contributed by atoms with van der Waals surface area (Å²) >= 11 is 5.90. The van der Waals surface area contributed by atoms with Crippen LogP contribution < -0.4 is 26.4 Å². The number of hydrogen-bond acceptors (Lipinski definition) is 8. The van der Waals surface area contributed by atoms with Crippen molar-refractivity contribution in [3.63, 3.8) is 0 Å². The molecule has 0 bridgehead atoms. The molecular weight excluding hydrogens is 574 g/mol. The van der Waals surface area contributed by atoms with Crippen molar-refractivity contribution in [1.29, 1.82) is 0 Å². The van der Waals surface area contributed by atoms with Gasteiger partial charge in [0.05, 0.1) is 30.1 Å². The van der Waals surface area contributed by atoms with E-state index in [2.05, 4.69) is 20.7 Å². The number of unbranched alkanes of at least 4 members (excludes halogenated alkanes) is 1. The number of ketones is 1. The van der Waals surface area contributed by atoms with Gasteiger partial charge in [-0.15, -0.1) is 0 Å². The van der Waals surface area contributed by atoms with Gasteiger partial charge in [0, 0.05) is 5.02 Å². The minimum Gasteiger partial charge on any atom is -0.391 e. The summed E-state index contributed by atoms with van der Waals surface area (Å²) in [6, 6.07) is 10.8. The van der Waals surface area contributed by atoms with E-state index in [0.29, 0.717) is 30.8 Å². The highest BCUT2D eigenvalue weighted by Gasteiger charge is 2.27. The highest BCUT2D eigenvalue weighted by molar-refractivity contribution is 7.89. The molecule has 7 N–H and O–H groups in total. The Kier molecular flexibility index (Phi) is 13.4. The van der Waals surface area contributed by atoms with E-state index in [0.717, 1.165) is 11.1 Å². The molecule has 0 radical (unpaired) electrons. The molecule has 41 heavy (non-hydrogen) atoms. The molecule has 2 aromatic carbocycles. The van der Waals surface area contributed by atoms with Gasteiger partial charge in [0.15, 0.2) is 5.78 Å². The van der Waals surface area contributed by atoms with Crippen LogP contribution >= 0.6 is 11.6 Å². The number of amides is 3. The maximum absolute atomic E-state index is 12.7. The van der Waals surface area contributed by atoms with E-state index in [9.17, 15) is 32.7 Å². The Morgan fingerprint density at radius 2 is 1.46 bits per heavy atom. The van der Waals surface area contributed by atoms with Crippen molar-refractivity contribution in [2.75, 3.05) is 19.6 Å². The minimum atomic E-state index is -4.07. The number of Topliss-reactive ketones (excluding diaryl/α,β-unsaturated/α-hetero) is 1. The van der Waals surface area contributed by atoms with Crippen molar-refractivity contribution in [3.05, 3.63) is 53.6 Å². The van der Waals surface area contributed by atoms with Crippen LogP contribution in [0.5, 0.6) is 0 Å². The Balaban J connectivity index is 1.90. The van der Waals surface area contributed by atoms with Gasteiger partial charge in [-0.2, -0.15) is 0 Å². The second kappa shape index (κ2) is 16.2. The Labute approximate surface area is 244 Å². The van der Waals surface area contributed by atoms with Gasteiger partial charge in [-0.05, 0) is 75.0 Å². The third-order valence-electron chi connectivity index (χ3n) is 6.04. The monoisotopic (exact) mass is 609 g/mol. The van der Waals surface area contributed by atoms with E-state index in [4.69, 9.17) is 17.3 Å². The number of carbonyl (C=O) groups excluding carboxylic acids is 4. The van der Waals surface area contributed by atoms with Crippen LogP contribution in [-0.4, -0.2) is 74.9 Å². The van der Waals surface area contributed by atoms with Crippen LogP contribution in [0.2, 0.25) is 5.02 Å². The summed E-state index contributed by atoms with van der Waals surface area (Å²) in [4.78, 5) is 48.9. The molecule has 2 aromatic rings. The number of aliphatic hydroxyl groups excluding tert-OH is 1. The van der Waals surface area contributed by atoms with Crippen molar-refractivity contribution in [1.82, 2.24) is 20.7 Å². The number of sulfonamides is 1. The molecule has 0 saturated carbocycles. The minimum absolute atomic E-state index is 0.0780. The smallest absolute Gasteiger partial charge is 0.245 e. The second-order valence-corrected chi connectivity index (χ2v) is 11.6. The molecule has 0 aliphatic carbocycles. The lowest BCUT2D eigenvalue weighted by molar-refractivity contribution is -0.132. The lowest BCUT2D eigenvalue weighted by Gasteiger charge is -2.21. The first-order valence-corrected chi connectivity index (χ1v) is 14.8. The van der Waals surface area contributed by atoms with E-state index in [-0.39, 0.29) is 10.7 Å². The fraction of sp³-hybridized carbons (Fsp3) is 0.407. The molecule has 3 unspecified atom stereocenters. The Morgan fingerprint density at radius 3 is 2.00 bits per heavy atom. The van der Waals surface area contributed by atoms with Crippen LogP contribution in [0, 0.1) is 0 Å². The summed E-state index contributed by atoms with van der Waals surface area (Å²) in [5.41, 5.74) is 7.05. The van der Waals surface area contributed by atoms with E-state index < -0.39 is 59.0 Å². The highest BCUT2D eigenvalue weighted by atomic mass is 35.5. The summed E-state index contributed by atoms with van der Waals surface area (Å²) in [6.07, 6.45) is 0.377. The maximum Gasteiger partial charge on any atom is 0.245 e. The lowest BCUT2D eigenvalue weighted by atomic mass is 10.1. The van der Waals surface area contributed by atoms with Crippen molar-refractivity contribution in [3.8, 4) is 11.1 Å². The molecule has 3 amide bonds. The molecule has 3 atom stereocenters. The summed E-state index contributed by atoms with van der Waals surface area (Å²) in [7, 11) is -4.07. The number of nitrogens with two attached hydrogens (primary N) is 1. The van der Waals surface area contributed by atoms with E-state index in [1.807, 2.05) is 0 Å². The quantitative estimate of drug-likeness (QED) is 0.148. The lowest BCUT2D eigenvalue weighted by Crippen LogP contribution is -2.55. The summed E-state index contributed by atoms with van der Waals surface area (Å²) < 4.78 is 27.5. The van der Waals surface area contributed by atoms with Gasteiger partial charge in [0.1, 0.15) is 6.04 Å². The Morgan fingerprint density at radius 1 is 0.902 bits per heavy atom. The second-order valence-electron chi connectivity index (χ2n) is 9.37. The number of nitrogens with one attached hydrogen (secondary N) is 4. The van der Waals surface area contributed by atoms with Crippen molar-refractivity contribution in [2.24, 2.45) is 5.73 Å². The normalized spacial score (nSPS) is 13.5. The van der Waals surface area contributed by atoms with Gasteiger partial charge in [-0.25, -0.2) is 13.1 Å². The molecule has 224 valence electrons. The van der Waals surface area contributed by atoms with Crippen LogP contribution in [0.15, 0.2) is 53.4 Å². The summed E-state index contributed by atoms with van der Waals surface area (Å²) in [6.45, 7) is 1.84. The van der Waals surface area contributed by atoms with E-state index >= 15 is 0 Å². The molecule has 0 aromatic heterocycles. The SMILES string of the molecule is CC(=O)C(CCCCN)NC(=O)CNC(=O)C(NC(=O)CNS(=O)(=O)c1ccc(-c2ccc(Cl)cc2)cc1)C(C)O. The average Bonchev–Trinajstić information content (AvgIpc) is 2.93. The molecule has 0 aliphatic heterocycles. The topological polar surface area (TPSA) is 197 Å². The van der Waals surface area contributed by atoms with Gasteiger partial charge in [-0.1, -0.05) is 35.9 Å². The fourth-order valence-electron chi connectivity index (χ4n) is 3.74. The molecule has 0 fully saturated rings. The molecule has 12 nitrogen and oxygen atoms in total. The molecule has 2 rings (SSSR count). The zero-order chi connectivity index (χ0) is 30.6. The zero-order valence-electron chi connectivity index (χ0n) is 22.9. The number of rotatable bonds is 16. The van der Waals surface area contributed by atoms with E-state index in [1.165, 1.54) is 26.0 Å². The van der Waals surface area contributed by atoms with Crippen molar-refractivity contribution in [2.45, 2.75) is 56.2 Å². The van der Waals surface area contributed by atoms with Gasteiger partial charge < -0.3 is 26.8 Å². The predicted octanol–water partition coefficient (Wildman–Crippen LogP) is 0.470. The highest BCUT2D eigenvalue weighted by Crippen LogP contribution is 2.23. The molecule has 0 aliphatic rings. The molecular formula is C27H36ClN5O7S. The van der Waals surface area contributed by atoms with Crippen LogP contribution in [-0.2, 0) is 29.2 Å². The maximum atomic E-state index is 12.7. The number of aliphatic hydroxyl groups is 1. The molecule has 14 heteroatoms. The van der Waals surface area contributed by atoms with Crippen LogP contribution in [0.25, 0.3) is 11.1 Å². The first kappa shape index (κ1) is 33.8. The van der Waals surface area contributed by atoms with Crippen molar-refractivity contribution >= 4 is 45.1 Å². The summed E-state index contributed by atoms with van der Waals surface area (Å²) in [5.74, 6) is -2.62. The standard InChI is InChI=1S/C27H36ClN5O7S/c1-17(34)23(5-3-4-14-29)32-24(36)15-30-27(38)26(18(2)35)33-25(37)16-31-41(39,40)22-12-8-20(9-13-22)19-6-10-21(28)11-7-19/h6-13,18,23,26,31,35H,3-5,14-16,29H2,1-2H3,(H,30,38)(H,32,36)(H,33,37). The molecule has 0 heterocycles. The Hall–Kier alpha value is -3.36. The first-order chi connectivity index (χ1) is 19.3. The molecule has 0 saturated heterocycles. The number of halogens is 1. The third-order valence-corrected chi connectivity index (χ3v) is 7.71. The third kappa shape index (κ3) is 11.2.